The number of pyridine rings is 1. The van der Waals surface area contributed by atoms with Crippen LogP contribution >= 0.6 is 12.4 Å². The van der Waals surface area contributed by atoms with Crippen molar-refractivity contribution in [2.24, 2.45) is 0 Å². The molecule has 3 nitrogen and oxygen atoms in total. The van der Waals surface area contributed by atoms with Crippen LogP contribution in [0.3, 0.4) is 0 Å². The molecule has 4 rings (SSSR count). The minimum atomic E-state index is 0. The molecule has 1 aliphatic rings. The zero-order valence-electron chi connectivity index (χ0n) is 15.3. The second-order valence-electron chi connectivity index (χ2n) is 7.05. The number of aryl methyl sites for hydroxylation is 3. The Morgan fingerprint density at radius 2 is 1.88 bits per heavy atom. The second-order valence-corrected chi connectivity index (χ2v) is 7.05. The number of fused-ring (bicyclic) bond motifs is 1. The standard InChI is InChI=1S/C21H24N2O.ClH/c1-13-6-5-7-17(10-13)12-24-19-11-14(2)22-20-15(3)16(4)23(21(19)20)18-8-9-18;/h5-7,10-11,18H,8-9,12H2,1-4H3;1H. The summed E-state index contributed by atoms with van der Waals surface area (Å²) >= 11 is 0. The Morgan fingerprint density at radius 3 is 2.56 bits per heavy atom. The zero-order chi connectivity index (χ0) is 16.8. The summed E-state index contributed by atoms with van der Waals surface area (Å²) in [6.45, 7) is 9.13. The first-order valence-corrected chi connectivity index (χ1v) is 8.71. The van der Waals surface area contributed by atoms with Crippen molar-refractivity contribution in [3.8, 4) is 5.75 Å². The van der Waals surface area contributed by atoms with Gasteiger partial charge in [0.05, 0.1) is 5.52 Å². The highest BCUT2D eigenvalue weighted by molar-refractivity contribution is 5.87. The van der Waals surface area contributed by atoms with Crippen molar-refractivity contribution < 1.29 is 4.74 Å². The number of benzene rings is 1. The largest absolute Gasteiger partial charge is 0.487 e. The van der Waals surface area contributed by atoms with Gasteiger partial charge < -0.3 is 9.30 Å². The molecule has 0 spiro atoms. The molecule has 0 atom stereocenters. The SMILES string of the molecule is Cc1cccc(COc2cc(C)nc3c(C)c(C)n(C4CC4)c23)c1.Cl. The summed E-state index contributed by atoms with van der Waals surface area (Å²) in [5, 5.41) is 0. The van der Waals surface area contributed by atoms with Crippen molar-refractivity contribution in [1.29, 1.82) is 0 Å². The second kappa shape index (κ2) is 6.72. The summed E-state index contributed by atoms with van der Waals surface area (Å²) < 4.78 is 8.71. The number of rotatable bonds is 4. The first-order valence-electron chi connectivity index (χ1n) is 8.71. The molecule has 25 heavy (non-hydrogen) atoms. The maximum absolute atomic E-state index is 6.27. The van der Waals surface area contributed by atoms with Gasteiger partial charge in [0.2, 0.25) is 0 Å². The molecule has 0 N–H and O–H groups in total. The minimum absolute atomic E-state index is 0. The lowest BCUT2D eigenvalue weighted by molar-refractivity contribution is 0.308. The average Bonchev–Trinajstić information content (AvgIpc) is 3.35. The van der Waals surface area contributed by atoms with E-state index in [1.807, 2.05) is 6.92 Å². The number of halogens is 1. The quantitative estimate of drug-likeness (QED) is 0.607. The van der Waals surface area contributed by atoms with E-state index < -0.39 is 0 Å². The van der Waals surface area contributed by atoms with Crippen LogP contribution in [0.15, 0.2) is 30.3 Å². The van der Waals surface area contributed by atoms with E-state index in [4.69, 9.17) is 9.72 Å². The monoisotopic (exact) mass is 356 g/mol. The summed E-state index contributed by atoms with van der Waals surface area (Å²) in [5.74, 6) is 0.960. The van der Waals surface area contributed by atoms with Crippen molar-refractivity contribution in [2.45, 2.75) is 53.2 Å². The fourth-order valence-corrected chi connectivity index (χ4v) is 3.51. The molecule has 0 aliphatic heterocycles. The fraction of sp³-hybridized carbons (Fsp3) is 0.381. The van der Waals surface area contributed by atoms with Gasteiger partial charge in [-0.2, -0.15) is 0 Å². The Kier molecular flexibility index (Phi) is 4.79. The minimum Gasteiger partial charge on any atom is -0.487 e. The smallest absolute Gasteiger partial charge is 0.147 e. The average molecular weight is 357 g/mol. The number of nitrogens with zero attached hydrogens (tertiary/aromatic N) is 2. The van der Waals surface area contributed by atoms with E-state index in [1.54, 1.807) is 0 Å². The normalized spacial score (nSPS) is 13.8. The predicted molar refractivity (Wildman–Crippen MR) is 105 cm³/mol. The Hall–Kier alpha value is -2.00. The van der Waals surface area contributed by atoms with E-state index in [0.717, 1.165) is 17.0 Å². The molecule has 0 saturated heterocycles. The number of ether oxygens (including phenoxy) is 1. The van der Waals surface area contributed by atoms with Crippen molar-refractivity contribution in [3.63, 3.8) is 0 Å². The van der Waals surface area contributed by atoms with Crippen LogP contribution in [0.2, 0.25) is 0 Å². The molecule has 2 heterocycles. The van der Waals surface area contributed by atoms with Crippen molar-refractivity contribution in [1.82, 2.24) is 9.55 Å². The van der Waals surface area contributed by atoms with Gasteiger partial charge in [-0.15, -0.1) is 12.4 Å². The van der Waals surface area contributed by atoms with Crippen LogP contribution in [0.1, 0.15) is 47.0 Å². The maximum atomic E-state index is 6.27. The highest BCUT2D eigenvalue weighted by Gasteiger charge is 2.29. The molecule has 132 valence electrons. The molecule has 0 radical (unpaired) electrons. The molecule has 3 aromatic rings. The van der Waals surface area contributed by atoms with Gasteiger partial charge in [0, 0.05) is 23.5 Å². The van der Waals surface area contributed by atoms with Crippen molar-refractivity contribution >= 4 is 23.4 Å². The van der Waals surface area contributed by atoms with Crippen LogP contribution in [0.5, 0.6) is 5.75 Å². The third kappa shape index (κ3) is 3.25. The van der Waals surface area contributed by atoms with Gasteiger partial charge in [-0.25, -0.2) is 0 Å². The van der Waals surface area contributed by atoms with Crippen LogP contribution in [-0.4, -0.2) is 9.55 Å². The summed E-state index contributed by atoms with van der Waals surface area (Å²) in [4.78, 5) is 4.80. The van der Waals surface area contributed by atoms with Crippen molar-refractivity contribution in [2.75, 3.05) is 0 Å². The lowest BCUT2D eigenvalue weighted by Gasteiger charge is -2.13. The van der Waals surface area contributed by atoms with Gasteiger partial charge in [-0.3, -0.25) is 4.98 Å². The molecule has 1 fully saturated rings. The number of hydrogen-bond donors (Lipinski definition) is 0. The molecule has 0 bridgehead atoms. The van der Waals surface area contributed by atoms with E-state index in [9.17, 15) is 0 Å². The molecule has 0 amide bonds. The zero-order valence-corrected chi connectivity index (χ0v) is 16.1. The van der Waals surface area contributed by atoms with E-state index in [0.29, 0.717) is 12.6 Å². The highest BCUT2D eigenvalue weighted by atomic mass is 35.5. The van der Waals surface area contributed by atoms with Gasteiger partial charge in [0.1, 0.15) is 17.9 Å². The summed E-state index contributed by atoms with van der Waals surface area (Å²) in [7, 11) is 0. The molecule has 4 heteroatoms. The molecular formula is C21H25ClN2O. The van der Waals surface area contributed by atoms with E-state index in [-0.39, 0.29) is 12.4 Å². The van der Waals surface area contributed by atoms with Crippen molar-refractivity contribution in [3.05, 3.63) is 58.4 Å². The molecule has 1 aromatic carbocycles. The highest BCUT2D eigenvalue weighted by Crippen LogP contribution is 2.43. The molecule has 2 aromatic heterocycles. The van der Waals surface area contributed by atoms with Crippen LogP contribution in [0.4, 0.5) is 0 Å². The third-order valence-corrected chi connectivity index (χ3v) is 4.97. The summed E-state index contributed by atoms with van der Waals surface area (Å²) in [5.41, 5.74) is 8.35. The molecular weight excluding hydrogens is 332 g/mol. The Labute approximate surface area is 155 Å². The van der Waals surface area contributed by atoms with Crippen LogP contribution in [0, 0.1) is 27.7 Å². The maximum Gasteiger partial charge on any atom is 0.147 e. The lowest BCUT2D eigenvalue weighted by atomic mass is 10.1. The molecule has 1 saturated carbocycles. The Balaban J connectivity index is 0.00000182. The first kappa shape index (κ1) is 17.8. The molecule has 0 unspecified atom stereocenters. The van der Waals surface area contributed by atoms with Gasteiger partial charge in [-0.1, -0.05) is 29.8 Å². The third-order valence-electron chi connectivity index (χ3n) is 4.97. The number of aromatic nitrogens is 2. The van der Waals surface area contributed by atoms with Crippen LogP contribution in [0.25, 0.3) is 11.0 Å². The van der Waals surface area contributed by atoms with Gasteiger partial charge in [-0.05, 0) is 51.7 Å². The Bertz CT molecular complexity index is 925. The van der Waals surface area contributed by atoms with Crippen LogP contribution in [-0.2, 0) is 6.61 Å². The Morgan fingerprint density at radius 1 is 1.12 bits per heavy atom. The van der Waals surface area contributed by atoms with E-state index in [1.165, 1.54) is 40.7 Å². The van der Waals surface area contributed by atoms with Gasteiger partial charge in [0.15, 0.2) is 0 Å². The van der Waals surface area contributed by atoms with Gasteiger partial charge >= 0.3 is 0 Å². The first-order chi connectivity index (χ1) is 11.5. The lowest BCUT2D eigenvalue weighted by Crippen LogP contribution is -2.02. The van der Waals surface area contributed by atoms with E-state index in [2.05, 4.69) is 55.7 Å². The topological polar surface area (TPSA) is 27.1 Å². The number of hydrogen-bond acceptors (Lipinski definition) is 2. The fourth-order valence-electron chi connectivity index (χ4n) is 3.51. The summed E-state index contributed by atoms with van der Waals surface area (Å²) in [6, 6.07) is 11.2. The van der Waals surface area contributed by atoms with E-state index >= 15 is 0 Å². The summed E-state index contributed by atoms with van der Waals surface area (Å²) in [6.07, 6.45) is 2.52. The predicted octanol–water partition coefficient (Wildman–Crippen LogP) is 5.61. The van der Waals surface area contributed by atoms with Crippen LogP contribution < -0.4 is 4.74 Å². The molecule has 1 aliphatic carbocycles. The van der Waals surface area contributed by atoms with Gasteiger partial charge in [0.25, 0.3) is 0 Å².